The average Bonchev–Trinajstić information content (AvgIpc) is 2.98. The van der Waals surface area contributed by atoms with Crippen molar-refractivity contribution in [2.24, 2.45) is 5.92 Å². The maximum atomic E-state index is 12.8. The summed E-state index contributed by atoms with van der Waals surface area (Å²) in [7, 11) is 1.71. The molecular weight excluding hydrogens is 452 g/mol. The quantitative estimate of drug-likeness (QED) is 0.198. The fourth-order valence-electron chi connectivity index (χ4n) is 5.14. The molecule has 0 aliphatic heterocycles. The molecule has 0 radical (unpaired) electrons. The lowest BCUT2D eigenvalue weighted by Gasteiger charge is -2.26. The van der Waals surface area contributed by atoms with Crippen LogP contribution < -0.4 is 4.74 Å². The average molecular weight is 483 g/mol. The number of carbonyl (C=O) groups excluding carboxylic acids is 1. The largest absolute Gasteiger partial charge is 0.496 e. The summed E-state index contributed by atoms with van der Waals surface area (Å²) in [4.78, 5) is 12.8. The van der Waals surface area contributed by atoms with Gasteiger partial charge in [0.1, 0.15) is 12.0 Å². The molecule has 0 aromatic heterocycles. The summed E-state index contributed by atoms with van der Waals surface area (Å²) in [6.07, 6.45) is 4.02. The number of fused-ring (bicyclic) bond motifs is 1. The molecule has 2 atom stereocenters. The van der Waals surface area contributed by atoms with Crippen LogP contribution in [0.3, 0.4) is 0 Å². The smallest absolute Gasteiger partial charge is 0.124 e. The lowest BCUT2D eigenvalue weighted by Crippen LogP contribution is -2.17. The Morgan fingerprint density at radius 2 is 1.27 bits per heavy atom. The molecule has 0 unspecified atom stereocenters. The molecule has 0 aliphatic rings. The number of hydrogen-bond donors (Lipinski definition) is 0. The Morgan fingerprint density at radius 3 is 1.86 bits per heavy atom. The highest BCUT2D eigenvalue weighted by atomic mass is 16.5. The van der Waals surface area contributed by atoms with E-state index in [0.717, 1.165) is 50.6 Å². The van der Waals surface area contributed by atoms with Gasteiger partial charge in [-0.25, -0.2) is 0 Å². The van der Waals surface area contributed by atoms with E-state index in [4.69, 9.17) is 4.74 Å². The van der Waals surface area contributed by atoms with Crippen LogP contribution in [0.5, 0.6) is 5.75 Å². The first-order chi connectivity index (χ1) is 18.3. The van der Waals surface area contributed by atoms with Crippen LogP contribution in [0.1, 0.15) is 28.2 Å². The van der Waals surface area contributed by atoms with Gasteiger partial charge in [0.15, 0.2) is 0 Å². The van der Waals surface area contributed by atoms with E-state index in [9.17, 15) is 4.79 Å². The topological polar surface area (TPSA) is 26.3 Å². The maximum absolute atomic E-state index is 12.8. The van der Waals surface area contributed by atoms with Crippen LogP contribution in [0.25, 0.3) is 16.3 Å². The first-order valence-electron chi connectivity index (χ1n) is 12.7. The van der Waals surface area contributed by atoms with E-state index in [1.165, 1.54) is 0 Å². The zero-order chi connectivity index (χ0) is 25.5. The van der Waals surface area contributed by atoms with Crippen LogP contribution in [0.2, 0.25) is 0 Å². The second kappa shape index (κ2) is 11.5. The number of allylic oxidation sites excluding steroid dienone is 1. The number of benzene rings is 5. The van der Waals surface area contributed by atoms with Crippen LogP contribution in [0.15, 0.2) is 133 Å². The minimum atomic E-state index is -0.287. The highest BCUT2D eigenvalue weighted by Gasteiger charge is 2.27. The van der Waals surface area contributed by atoms with E-state index in [1.54, 1.807) is 7.11 Å². The minimum absolute atomic E-state index is 0.214. The molecule has 0 spiro atoms. The van der Waals surface area contributed by atoms with Gasteiger partial charge in [-0.15, -0.1) is 0 Å². The van der Waals surface area contributed by atoms with Crippen molar-refractivity contribution in [2.45, 2.75) is 12.3 Å². The number of aldehydes is 1. The fourth-order valence-corrected chi connectivity index (χ4v) is 5.14. The van der Waals surface area contributed by atoms with Crippen LogP contribution in [0.4, 0.5) is 0 Å². The second-order valence-electron chi connectivity index (χ2n) is 9.23. The summed E-state index contributed by atoms with van der Waals surface area (Å²) in [5.74, 6) is 0.291. The van der Waals surface area contributed by atoms with E-state index >= 15 is 0 Å². The molecule has 2 heteroatoms. The highest BCUT2D eigenvalue weighted by molar-refractivity contribution is 5.90. The molecule has 182 valence electrons. The third-order valence-electron chi connectivity index (χ3n) is 6.95. The fraction of sp³-hybridized carbons (Fsp3) is 0.114. The first-order valence-corrected chi connectivity index (χ1v) is 12.7. The first kappa shape index (κ1) is 24.3. The van der Waals surface area contributed by atoms with Crippen molar-refractivity contribution in [2.75, 3.05) is 7.11 Å². The summed E-state index contributed by atoms with van der Waals surface area (Å²) in [6, 6.07) is 43.5. The molecule has 0 saturated carbocycles. The molecule has 0 N–H and O–H groups in total. The van der Waals surface area contributed by atoms with Crippen molar-refractivity contribution in [3.05, 3.63) is 156 Å². The summed E-state index contributed by atoms with van der Waals surface area (Å²) in [5, 5.41) is 2.23. The van der Waals surface area contributed by atoms with Crippen molar-refractivity contribution in [3.8, 4) is 5.75 Å². The van der Waals surface area contributed by atoms with E-state index in [0.29, 0.717) is 6.42 Å². The molecule has 0 bridgehead atoms. The van der Waals surface area contributed by atoms with Gasteiger partial charge in [-0.1, -0.05) is 127 Å². The van der Waals surface area contributed by atoms with Crippen molar-refractivity contribution in [1.82, 2.24) is 0 Å². The van der Waals surface area contributed by atoms with Crippen molar-refractivity contribution < 1.29 is 9.53 Å². The monoisotopic (exact) mass is 482 g/mol. The Balaban J connectivity index is 1.77. The predicted molar refractivity (Wildman–Crippen MR) is 153 cm³/mol. The van der Waals surface area contributed by atoms with Gasteiger partial charge in [-0.3, -0.25) is 0 Å². The lowest BCUT2D eigenvalue weighted by molar-refractivity contribution is -0.111. The van der Waals surface area contributed by atoms with Gasteiger partial charge in [0.2, 0.25) is 0 Å². The Morgan fingerprint density at radius 1 is 0.703 bits per heavy atom. The van der Waals surface area contributed by atoms with Gasteiger partial charge in [0.25, 0.3) is 0 Å². The van der Waals surface area contributed by atoms with Crippen LogP contribution in [-0.2, 0) is 11.2 Å². The third-order valence-corrected chi connectivity index (χ3v) is 6.95. The Bertz CT molecular complexity index is 1450. The van der Waals surface area contributed by atoms with Crippen LogP contribution >= 0.6 is 0 Å². The standard InChI is InChI=1S/C35H30O2/c1-37-34-22-21-29-19-11-12-20-31(29)35(34)33(30(25-36)23-26-13-5-2-6-14-26)24-32(27-15-7-3-8-16-27)28-17-9-4-10-18-28/h2-22,24-25,30,33H,23H2,1H3/t30-,33-/m1/s1. The predicted octanol–water partition coefficient (Wildman–Crippen LogP) is 8.12. The molecule has 37 heavy (non-hydrogen) atoms. The van der Waals surface area contributed by atoms with Gasteiger partial charge < -0.3 is 9.53 Å². The Kier molecular flexibility index (Phi) is 7.57. The number of rotatable bonds is 9. The van der Waals surface area contributed by atoms with Crippen LogP contribution in [-0.4, -0.2) is 13.4 Å². The molecule has 0 saturated heterocycles. The van der Waals surface area contributed by atoms with Gasteiger partial charge >= 0.3 is 0 Å². The molecule has 0 aliphatic carbocycles. The second-order valence-corrected chi connectivity index (χ2v) is 9.23. The SMILES string of the molecule is COc1ccc2ccccc2c1[C@H](C=C(c1ccccc1)c1ccccc1)[C@@H](C=O)Cc1ccccc1. The normalized spacial score (nSPS) is 12.5. The lowest BCUT2D eigenvalue weighted by atomic mass is 9.78. The molecule has 5 aromatic carbocycles. The summed E-state index contributed by atoms with van der Waals surface area (Å²) < 4.78 is 5.93. The molecule has 0 heterocycles. The number of hydrogen-bond acceptors (Lipinski definition) is 2. The third kappa shape index (κ3) is 5.39. The van der Waals surface area contributed by atoms with E-state index < -0.39 is 0 Å². The number of ether oxygens (including phenoxy) is 1. The van der Waals surface area contributed by atoms with Gasteiger partial charge in [0, 0.05) is 17.4 Å². The summed E-state index contributed by atoms with van der Waals surface area (Å²) in [5.41, 5.74) is 5.50. The zero-order valence-electron chi connectivity index (χ0n) is 21.0. The van der Waals surface area contributed by atoms with E-state index in [1.807, 2.05) is 42.5 Å². The molecule has 0 amide bonds. The number of methoxy groups -OCH3 is 1. The van der Waals surface area contributed by atoms with Gasteiger partial charge in [0.05, 0.1) is 7.11 Å². The maximum Gasteiger partial charge on any atom is 0.124 e. The Hall–Kier alpha value is -4.43. The number of carbonyl (C=O) groups is 1. The Labute approximate surface area is 218 Å². The molecular formula is C35H30O2. The van der Waals surface area contributed by atoms with Crippen molar-refractivity contribution in [1.29, 1.82) is 0 Å². The zero-order valence-corrected chi connectivity index (χ0v) is 21.0. The van der Waals surface area contributed by atoms with Gasteiger partial charge in [-0.05, 0) is 45.5 Å². The molecule has 5 aromatic rings. The molecule has 5 rings (SSSR count). The van der Waals surface area contributed by atoms with E-state index in [2.05, 4.69) is 91.0 Å². The summed E-state index contributed by atoms with van der Waals surface area (Å²) >= 11 is 0. The van der Waals surface area contributed by atoms with Gasteiger partial charge in [-0.2, -0.15) is 0 Å². The minimum Gasteiger partial charge on any atom is -0.496 e. The molecule has 0 fully saturated rings. The summed E-state index contributed by atoms with van der Waals surface area (Å²) in [6.45, 7) is 0. The van der Waals surface area contributed by atoms with E-state index in [-0.39, 0.29) is 11.8 Å². The molecule has 2 nitrogen and oxygen atoms in total. The van der Waals surface area contributed by atoms with Crippen molar-refractivity contribution in [3.63, 3.8) is 0 Å². The highest BCUT2D eigenvalue weighted by Crippen LogP contribution is 2.41. The van der Waals surface area contributed by atoms with Crippen LogP contribution in [0, 0.1) is 5.92 Å². The van der Waals surface area contributed by atoms with Crippen molar-refractivity contribution >= 4 is 22.6 Å².